The average Bonchev–Trinajstić information content (AvgIpc) is 3.05. The van der Waals surface area contributed by atoms with Gasteiger partial charge in [0.25, 0.3) is 0 Å². The van der Waals surface area contributed by atoms with Crippen LogP contribution in [0.3, 0.4) is 0 Å². The minimum absolute atomic E-state index is 0.0684. The number of ether oxygens (including phenoxy) is 2. The van der Waals surface area contributed by atoms with E-state index in [1.165, 1.54) is 25.3 Å². The Morgan fingerprint density at radius 3 is 2.42 bits per heavy atom. The number of hydrogen-bond acceptors (Lipinski definition) is 6. The van der Waals surface area contributed by atoms with Gasteiger partial charge in [-0.3, -0.25) is 10.1 Å². The third-order valence-electron chi connectivity index (χ3n) is 5.67. The smallest absolute Gasteiger partial charge is 0.338 e. The van der Waals surface area contributed by atoms with E-state index in [1.54, 1.807) is 20.1 Å². The molecule has 0 spiro atoms. The van der Waals surface area contributed by atoms with Gasteiger partial charge in [0, 0.05) is 29.4 Å². The molecule has 0 fully saturated rings. The summed E-state index contributed by atoms with van der Waals surface area (Å²) >= 11 is 0. The van der Waals surface area contributed by atoms with Crippen molar-refractivity contribution >= 4 is 11.7 Å². The zero-order valence-corrected chi connectivity index (χ0v) is 17.1. The number of methoxy groups -OCH3 is 2. The SMILES string of the molecule is COc1cc2c(cc1OC)-c1c(C(=O)O)c(-c3ccc([N+](=O)[O-])c(O)c3)c(C)n1CC2. The summed E-state index contributed by atoms with van der Waals surface area (Å²) in [6, 6.07) is 7.47. The predicted molar refractivity (Wildman–Crippen MR) is 112 cm³/mol. The number of nitrogens with zero attached hydrogens (tertiary/aromatic N) is 2. The molecule has 3 aromatic rings. The fourth-order valence-electron chi connectivity index (χ4n) is 4.27. The molecule has 0 saturated carbocycles. The molecule has 2 N–H and O–H groups in total. The van der Waals surface area contributed by atoms with Gasteiger partial charge in [0.2, 0.25) is 0 Å². The van der Waals surface area contributed by atoms with Crippen LogP contribution < -0.4 is 9.47 Å². The lowest BCUT2D eigenvalue weighted by Gasteiger charge is -2.23. The summed E-state index contributed by atoms with van der Waals surface area (Å²) in [7, 11) is 3.06. The van der Waals surface area contributed by atoms with E-state index in [9.17, 15) is 25.1 Å². The van der Waals surface area contributed by atoms with Crippen molar-refractivity contribution in [3.05, 3.63) is 57.3 Å². The molecule has 9 nitrogen and oxygen atoms in total. The lowest BCUT2D eigenvalue weighted by atomic mass is 9.93. The van der Waals surface area contributed by atoms with Gasteiger partial charge in [-0.1, -0.05) is 0 Å². The van der Waals surface area contributed by atoms with Crippen molar-refractivity contribution in [3.8, 4) is 39.6 Å². The first-order valence-electron chi connectivity index (χ1n) is 9.47. The molecule has 4 rings (SSSR count). The maximum atomic E-state index is 12.4. The monoisotopic (exact) mass is 424 g/mol. The number of aryl methyl sites for hydroxylation is 1. The van der Waals surface area contributed by atoms with Crippen LogP contribution in [-0.4, -0.2) is 39.9 Å². The minimum atomic E-state index is -1.13. The van der Waals surface area contributed by atoms with Crippen molar-refractivity contribution in [2.24, 2.45) is 0 Å². The van der Waals surface area contributed by atoms with Crippen LogP contribution in [0, 0.1) is 17.0 Å². The number of carboxylic acid groups (broad SMARTS) is 1. The fourth-order valence-corrected chi connectivity index (χ4v) is 4.27. The predicted octanol–water partition coefficient (Wildman–Crippen LogP) is 4.02. The van der Waals surface area contributed by atoms with Gasteiger partial charge in [0.05, 0.1) is 30.4 Å². The van der Waals surface area contributed by atoms with Gasteiger partial charge in [0.1, 0.15) is 0 Å². The van der Waals surface area contributed by atoms with Gasteiger partial charge < -0.3 is 24.3 Å². The highest BCUT2D eigenvalue weighted by atomic mass is 16.6. The van der Waals surface area contributed by atoms with Crippen LogP contribution in [0.25, 0.3) is 22.4 Å². The number of phenols is 1. The number of benzene rings is 2. The molecular formula is C22H20N2O7. The molecule has 0 aliphatic carbocycles. The number of nitro groups is 1. The highest BCUT2D eigenvalue weighted by Gasteiger charge is 2.32. The zero-order valence-electron chi connectivity index (χ0n) is 17.1. The van der Waals surface area contributed by atoms with Crippen molar-refractivity contribution < 1.29 is 29.4 Å². The summed E-state index contributed by atoms with van der Waals surface area (Å²) in [4.78, 5) is 22.7. The summed E-state index contributed by atoms with van der Waals surface area (Å²) in [6.07, 6.45) is 0.669. The number of aromatic hydroxyl groups is 1. The molecule has 1 aliphatic rings. The third kappa shape index (κ3) is 3.05. The van der Waals surface area contributed by atoms with E-state index in [1.807, 2.05) is 10.6 Å². The lowest BCUT2D eigenvalue weighted by molar-refractivity contribution is -0.385. The van der Waals surface area contributed by atoms with Crippen molar-refractivity contribution in [2.75, 3.05) is 14.2 Å². The standard InChI is InChI=1S/C22H20N2O7/c1-11-19(13-4-5-15(24(28)29)16(25)8-13)20(22(26)27)21-14-10-18(31-3)17(30-2)9-12(14)6-7-23(11)21/h4-5,8-10,25H,6-7H2,1-3H3,(H,26,27). The molecule has 0 atom stereocenters. The van der Waals surface area contributed by atoms with Crippen LogP contribution in [0.5, 0.6) is 17.2 Å². The Kier molecular flexibility index (Phi) is 4.81. The molecular weight excluding hydrogens is 404 g/mol. The number of carbonyl (C=O) groups is 1. The van der Waals surface area contributed by atoms with Crippen molar-refractivity contribution in [1.29, 1.82) is 0 Å². The molecule has 9 heteroatoms. The van der Waals surface area contributed by atoms with Gasteiger partial charge in [-0.15, -0.1) is 0 Å². The second-order valence-corrected chi connectivity index (χ2v) is 7.22. The molecule has 0 unspecified atom stereocenters. The van der Waals surface area contributed by atoms with Crippen molar-refractivity contribution in [1.82, 2.24) is 4.57 Å². The molecule has 160 valence electrons. The lowest BCUT2D eigenvalue weighted by Crippen LogP contribution is -2.14. The second-order valence-electron chi connectivity index (χ2n) is 7.22. The first-order valence-corrected chi connectivity index (χ1v) is 9.47. The number of carboxylic acids is 1. The highest BCUT2D eigenvalue weighted by Crippen LogP contribution is 2.45. The quantitative estimate of drug-likeness (QED) is 0.468. The Balaban J connectivity index is 2.01. The van der Waals surface area contributed by atoms with Crippen LogP contribution in [0.2, 0.25) is 0 Å². The van der Waals surface area contributed by atoms with Crippen molar-refractivity contribution in [3.63, 3.8) is 0 Å². The summed E-state index contributed by atoms with van der Waals surface area (Å²) in [6.45, 7) is 2.36. The summed E-state index contributed by atoms with van der Waals surface area (Å²) < 4.78 is 12.7. The van der Waals surface area contributed by atoms with E-state index in [0.717, 1.165) is 11.1 Å². The zero-order chi connectivity index (χ0) is 22.4. The normalized spacial score (nSPS) is 12.1. The second kappa shape index (κ2) is 7.35. The summed E-state index contributed by atoms with van der Waals surface area (Å²) in [5.41, 5.74) is 3.31. The largest absolute Gasteiger partial charge is 0.502 e. The van der Waals surface area contributed by atoms with E-state index in [-0.39, 0.29) is 5.56 Å². The number of hydrogen-bond donors (Lipinski definition) is 2. The van der Waals surface area contributed by atoms with Gasteiger partial charge in [-0.25, -0.2) is 4.79 Å². The van der Waals surface area contributed by atoms with Gasteiger partial charge >= 0.3 is 11.7 Å². The molecule has 0 bridgehead atoms. The van der Waals surface area contributed by atoms with Gasteiger partial charge in [-0.2, -0.15) is 0 Å². The van der Waals surface area contributed by atoms with E-state index in [2.05, 4.69) is 0 Å². The number of fused-ring (bicyclic) bond motifs is 3. The highest BCUT2D eigenvalue weighted by molar-refractivity contribution is 6.04. The Bertz CT molecular complexity index is 1240. The molecule has 1 aromatic heterocycles. The maximum Gasteiger partial charge on any atom is 0.338 e. The van der Waals surface area contributed by atoms with E-state index >= 15 is 0 Å². The topological polar surface area (TPSA) is 124 Å². The first-order chi connectivity index (χ1) is 14.8. The maximum absolute atomic E-state index is 12.4. The van der Waals surface area contributed by atoms with Gasteiger partial charge in [-0.05, 0) is 48.7 Å². The molecule has 31 heavy (non-hydrogen) atoms. The molecule has 0 radical (unpaired) electrons. The fraction of sp³-hybridized carbons (Fsp3) is 0.227. The van der Waals surface area contributed by atoms with Crippen LogP contribution in [0.4, 0.5) is 5.69 Å². The van der Waals surface area contributed by atoms with Crippen LogP contribution >= 0.6 is 0 Å². The molecule has 0 saturated heterocycles. The third-order valence-corrected chi connectivity index (χ3v) is 5.67. The summed E-state index contributed by atoms with van der Waals surface area (Å²) in [5.74, 6) is -0.601. The van der Waals surface area contributed by atoms with Crippen LogP contribution in [-0.2, 0) is 13.0 Å². The molecule has 2 aromatic carbocycles. The molecule has 2 heterocycles. The molecule has 1 aliphatic heterocycles. The number of phenolic OH excluding ortho intramolecular Hbond substituents is 1. The number of nitro benzene ring substituents is 1. The van der Waals surface area contributed by atoms with Crippen LogP contribution in [0.1, 0.15) is 21.6 Å². The number of aromatic carboxylic acids is 1. The van der Waals surface area contributed by atoms with E-state index in [4.69, 9.17) is 9.47 Å². The van der Waals surface area contributed by atoms with E-state index in [0.29, 0.717) is 47.0 Å². The Morgan fingerprint density at radius 1 is 1.16 bits per heavy atom. The van der Waals surface area contributed by atoms with Crippen molar-refractivity contribution in [2.45, 2.75) is 19.9 Å². The first kappa shape index (κ1) is 20.3. The summed E-state index contributed by atoms with van der Waals surface area (Å²) in [5, 5.41) is 31.3. The van der Waals surface area contributed by atoms with E-state index < -0.39 is 22.3 Å². The van der Waals surface area contributed by atoms with Gasteiger partial charge in [0.15, 0.2) is 17.2 Å². The number of rotatable bonds is 5. The Labute approximate surface area is 177 Å². The Morgan fingerprint density at radius 2 is 1.84 bits per heavy atom. The average molecular weight is 424 g/mol. The molecule has 0 amide bonds. The van der Waals surface area contributed by atoms with Crippen LogP contribution in [0.15, 0.2) is 30.3 Å². The Hall–Kier alpha value is -4.01. The minimum Gasteiger partial charge on any atom is -0.502 e. The number of aromatic nitrogens is 1.